The molecule has 0 spiro atoms. The van der Waals surface area contributed by atoms with Crippen molar-refractivity contribution in [3.63, 3.8) is 0 Å². The summed E-state index contributed by atoms with van der Waals surface area (Å²) in [7, 11) is 0. The highest BCUT2D eigenvalue weighted by atomic mass is 35.5. The predicted octanol–water partition coefficient (Wildman–Crippen LogP) is 3.53. The van der Waals surface area contributed by atoms with Crippen LogP contribution >= 0.6 is 11.6 Å². The minimum absolute atomic E-state index is 0.184. The van der Waals surface area contributed by atoms with Gasteiger partial charge in [0.1, 0.15) is 5.75 Å². The van der Waals surface area contributed by atoms with Gasteiger partial charge in [-0.05, 0) is 49.7 Å². The Kier molecular flexibility index (Phi) is 5.32. The van der Waals surface area contributed by atoms with Crippen LogP contribution in [0.1, 0.15) is 35.8 Å². The van der Waals surface area contributed by atoms with E-state index in [-0.39, 0.29) is 31.1 Å². The van der Waals surface area contributed by atoms with E-state index < -0.39 is 0 Å². The van der Waals surface area contributed by atoms with E-state index in [1.54, 1.807) is 12.1 Å². The van der Waals surface area contributed by atoms with Gasteiger partial charge >= 0.3 is 0 Å². The first-order chi connectivity index (χ1) is 12.4. The maximum Gasteiger partial charge on any atom is 0.258 e. The third-order valence-electron chi connectivity index (χ3n) is 3.95. The Labute approximate surface area is 156 Å². The summed E-state index contributed by atoms with van der Waals surface area (Å²) in [5.41, 5.74) is 1.23. The maximum absolute atomic E-state index is 12.2. The molecule has 0 saturated carbocycles. The highest BCUT2D eigenvalue weighted by Gasteiger charge is 2.17. The molecule has 1 amide bonds. The van der Waals surface area contributed by atoms with Crippen molar-refractivity contribution in [2.75, 3.05) is 13.4 Å². The Morgan fingerprint density at radius 3 is 2.73 bits per heavy atom. The molecule has 136 valence electrons. The molecule has 0 aliphatic carbocycles. The number of ketones is 1. The number of rotatable bonds is 6. The van der Waals surface area contributed by atoms with E-state index in [9.17, 15) is 9.59 Å². The number of nitrogens with one attached hydrogen (secondary N) is 1. The first kappa shape index (κ1) is 18.1. The van der Waals surface area contributed by atoms with Gasteiger partial charge in [-0.1, -0.05) is 17.7 Å². The number of hydrogen-bond donors (Lipinski definition) is 1. The van der Waals surface area contributed by atoms with Gasteiger partial charge in [0.05, 0.1) is 11.6 Å². The molecule has 2 aromatic carbocycles. The third kappa shape index (κ3) is 4.08. The van der Waals surface area contributed by atoms with E-state index in [0.29, 0.717) is 27.8 Å². The van der Waals surface area contributed by atoms with Crippen LogP contribution in [0.25, 0.3) is 0 Å². The topological polar surface area (TPSA) is 73.9 Å². The van der Waals surface area contributed by atoms with Crippen LogP contribution in [-0.2, 0) is 4.79 Å². The number of carbonyl (C=O) groups is 2. The molecule has 1 aliphatic heterocycles. The monoisotopic (exact) mass is 375 g/mol. The lowest BCUT2D eigenvalue weighted by Crippen LogP contribution is -2.31. The van der Waals surface area contributed by atoms with Gasteiger partial charge in [0.2, 0.25) is 6.79 Å². The van der Waals surface area contributed by atoms with Crippen LogP contribution in [0.5, 0.6) is 17.2 Å². The highest BCUT2D eigenvalue weighted by molar-refractivity contribution is 6.31. The van der Waals surface area contributed by atoms with Gasteiger partial charge in [-0.25, -0.2) is 0 Å². The van der Waals surface area contributed by atoms with Crippen LogP contribution in [0, 0.1) is 0 Å². The van der Waals surface area contributed by atoms with E-state index in [1.807, 2.05) is 25.1 Å². The number of amides is 1. The van der Waals surface area contributed by atoms with Crippen molar-refractivity contribution in [3.8, 4) is 17.2 Å². The van der Waals surface area contributed by atoms with E-state index in [4.69, 9.17) is 25.8 Å². The molecular formula is C19H18ClNO5. The summed E-state index contributed by atoms with van der Waals surface area (Å²) in [6.07, 6.45) is 0. The van der Waals surface area contributed by atoms with Crippen molar-refractivity contribution in [2.24, 2.45) is 0 Å². The first-order valence-electron chi connectivity index (χ1n) is 8.06. The average Bonchev–Trinajstić information content (AvgIpc) is 3.08. The molecule has 2 aromatic rings. The molecule has 3 rings (SSSR count). The summed E-state index contributed by atoms with van der Waals surface area (Å²) in [6.45, 7) is 3.27. The molecule has 7 heteroatoms. The minimum Gasteiger partial charge on any atom is -0.483 e. The fraction of sp³-hybridized carbons (Fsp3) is 0.263. The first-order valence-corrected chi connectivity index (χ1v) is 8.44. The van der Waals surface area contributed by atoms with Crippen molar-refractivity contribution >= 4 is 23.3 Å². The van der Waals surface area contributed by atoms with Crippen LogP contribution in [0.3, 0.4) is 0 Å². The number of ether oxygens (including phenoxy) is 3. The van der Waals surface area contributed by atoms with Gasteiger partial charge in [0.25, 0.3) is 5.91 Å². The average molecular weight is 376 g/mol. The summed E-state index contributed by atoms with van der Waals surface area (Å²) < 4.78 is 16.1. The summed E-state index contributed by atoms with van der Waals surface area (Å²) in [4.78, 5) is 23.8. The van der Waals surface area contributed by atoms with Gasteiger partial charge < -0.3 is 19.5 Å². The highest BCUT2D eigenvalue weighted by Crippen LogP contribution is 2.34. The number of fused-ring (bicyclic) bond motifs is 1. The summed E-state index contributed by atoms with van der Waals surface area (Å²) in [5, 5.41) is 3.28. The Balaban J connectivity index is 1.60. The lowest BCUT2D eigenvalue weighted by molar-refractivity contribution is -0.123. The summed E-state index contributed by atoms with van der Waals surface area (Å²) in [5.74, 6) is 1.19. The molecule has 0 bridgehead atoms. The number of halogens is 1. The normalized spacial score (nSPS) is 13.2. The van der Waals surface area contributed by atoms with Crippen LogP contribution in [0.2, 0.25) is 5.02 Å². The van der Waals surface area contributed by atoms with Gasteiger partial charge in [-0.2, -0.15) is 0 Å². The number of benzene rings is 2. The van der Waals surface area contributed by atoms with Gasteiger partial charge in [-0.3, -0.25) is 9.59 Å². The largest absolute Gasteiger partial charge is 0.483 e. The SMILES string of the molecule is CC(=O)c1cc(Cl)ccc1OCC(=O)N[C@@H](C)c1ccc2c(c1)OCO2. The molecule has 0 unspecified atom stereocenters. The van der Waals surface area contributed by atoms with E-state index >= 15 is 0 Å². The minimum atomic E-state index is -0.306. The Morgan fingerprint density at radius 2 is 1.96 bits per heavy atom. The summed E-state index contributed by atoms with van der Waals surface area (Å²) >= 11 is 5.89. The van der Waals surface area contributed by atoms with Gasteiger partial charge in [-0.15, -0.1) is 0 Å². The van der Waals surface area contributed by atoms with Crippen LogP contribution in [-0.4, -0.2) is 25.1 Å². The van der Waals surface area contributed by atoms with Crippen LogP contribution in [0.4, 0.5) is 0 Å². The Morgan fingerprint density at radius 1 is 1.19 bits per heavy atom. The fourth-order valence-electron chi connectivity index (χ4n) is 2.60. The van der Waals surface area contributed by atoms with Crippen LogP contribution in [0.15, 0.2) is 36.4 Å². The number of Topliss-reactive ketones (excluding diaryl/α,β-unsaturated/α-hetero) is 1. The molecule has 1 atom stereocenters. The Hall–Kier alpha value is -2.73. The standard InChI is InChI=1S/C19H18ClNO5/c1-11(13-3-5-17-18(7-13)26-10-25-17)21-19(23)9-24-16-6-4-14(20)8-15(16)12(2)22/h3-8,11H,9-10H2,1-2H3,(H,21,23)/t11-/m0/s1. The van der Waals surface area contributed by atoms with Crippen molar-refractivity contribution < 1.29 is 23.8 Å². The molecule has 0 aromatic heterocycles. The lowest BCUT2D eigenvalue weighted by atomic mass is 10.1. The Bertz CT molecular complexity index is 852. The molecule has 1 aliphatic rings. The maximum atomic E-state index is 12.2. The third-order valence-corrected chi connectivity index (χ3v) is 4.19. The van der Waals surface area contributed by atoms with Crippen molar-refractivity contribution in [2.45, 2.75) is 19.9 Å². The smallest absolute Gasteiger partial charge is 0.258 e. The van der Waals surface area contributed by atoms with Gasteiger partial charge in [0, 0.05) is 5.02 Å². The fourth-order valence-corrected chi connectivity index (χ4v) is 2.77. The molecular weight excluding hydrogens is 358 g/mol. The molecule has 0 saturated heterocycles. The van der Waals surface area contributed by atoms with Crippen LogP contribution < -0.4 is 19.5 Å². The van der Waals surface area contributed by atoms with E-state index in [2.05, 4.69) is 5.32 Å². The molecule has 0 fully saturated rings. The van der Waals surface area contributed by atoms with Crippen molar-refractivity contribution in [1.82, 2.24) is 5.32 Å². The zero-order valence-corrected chi connectivity index (χ0v) is 15.1. The second kappa shape index (κ2) is 7.66. The molecule has 1 N–H and O–H groups in total. The molecule has 26 heavy (non-hydrogen) atoms. The second-order valence-electron chi connectivity index (χ2n) is 5.89. The quantitative estimate of drug-likeness (QED) is 0.782. The predicted molar refractivity (Wildman–Crippen MR) is 96.1 cm³/mol. The van der Waals surface area contributed by atoms with Gasteiger partial charge in [0.15, 0.2) is 23.9 Å². The van der Waals surface area contributed by atoms with E-state index in [0.717, 1.165) is 5.56 Å². The van der Waals surface area contributed by atoms with Crippen molar-refractivity contribution in [3.05, 3.63) is 52.5 Å². The second-order valence-corrected chi connectivity index (χ2v) is 6.32. The summed E-state index contributed by atoms with van der Waals surface area (Å²) in [6, 6.07) is 9.98. The molecule has 1 heterocycles. The molecule has 6 nitrogen and oxygen atoms in total. The number of carbonyl (C=O) groups excluding carboxylic acids is 2. The lowest BCUT2D eigenvalue weighted by Gasteiger charge is -2.16. The zero-order chi connectivity index (χ0) is 18.7. The zero-order valence-electron chi connectivity index (χ0n) is 14.4. The van der Waals surface area contributed by atoms with E-state index in [1.165, 1.54) is 13.0 Å². The molecule has 0 radical (unpaired) electrons. The number of hydrogen-bond acceptors (Lipinski definition) is 5. The van der Waals surface area contributed by atoms with Crippen molar-refractivity contribution in [1.29, 1.82) is 0 Å².